The predicted molar refractivity (Wildman–Crippen MR) is 100 cm³/mol. The zero-order chi connectivity index (χ0) is 16.9. The van der Waals surface area contributed by atoms with Crippen molar-refractivity contribution >= 4 is 39.6 Å². The van der Waals surface area contributed by atoms with Crippen LogP contribution in [0, 0.1) is 0 Å². The molecule has 0 amide bonds. The molecule has 1 aromatic rings. The van der Waals surface area contributed by atoms with E-state index >= 15 is 0 Å². The Kier molecular flexibility index (Phi) is 6.08. The summed E-state index contributed by atoms with van der Waals surface area (Å²) in [6.45, 7) is 3.74. The number of thiophene rings is 1. The molecule has 0 unspecified atom stereocenters. The van der Waals surface area contributed by atoms with Crippen molar-refractivity contribution in [1.29, 1.82) is 0 Å². The molecule has 0 radical (unpaired) electrons. The maximum atomic E-state index is 12.4. The van der Waals surface area contributed by atoms with E-state index in [0.29, 0.717) is 23.8 Å². The fraction of sp³-hybridized carbons (Fsp3) is 0.647. The summed E-state index contributed by atoms with van der Waals surface area (Å²) in [6.07, 6.45) is 6.68. The van der Waals surface area contributed by atoms with Crippen LogP contribution in [0.1, 0.15) is 53.4 Å². The highest BCUT2D eigenvalue weighted by Gasteiger charge is 2.27. The highest BCUT2D eigenvalue weighted by atomic mass is 32.1. The molecule has 1 aliphatic carbocycles. The summed E-state index contributed by atoms with van der Waals surface area (Å²) >= 11 is 7.03. The van der Waals surface area contributed by atoms with Gasteiger partial charge in [0.15, 0.2) is 5.11 Å². The fourth-order valence-electron chi connectivity index (χ4n) is 3.23. The van der Waals surface area contributed by atoms with E-state index in [1.807, 2.05) is 6.92 Å². The SMILES string of the molecule is CCOC(=O)c1c(NC(=S)NC[C@@H]2CCCO2)sc2c1CCCC2. The molecule has 1 aliphatic heterocycles. The normalized spacial score (nSPS) is 19.6. The number of hydrogen-bond donors (Lipinski definition) is 2. The van der Waals surface area contributed by atoms with Gasteiger partial charge in [0.05, 0.1) is 18.3 Å². The van der Waals surface area contributed by atoms with Crippen LogP contribution in [-0.4, -0.2) is 36.9 Å². The Morgan fingerprint density at radius 1 is 1.38 bits per heavy atom. The van der Waals surface area contributed by atoms with Crippen molar-refractivity contribution in [2.24, 2.45) is 0 Å². The van der Waals surface area contributed by atoms with Crippen LogP contribution in [0.5, 0.6) is 0 Å². The summed E-state index contributed by atoms with van der Waals surface area (Å²) in [5.74, 6) is -0.249. The number of carbonyl (C=O) groups excluding carboxylic acids is 1. The van der Waals surface area contributed by atoms with Crippen LogP contribution in [0.3, 0.4) is 0 Å². The first-order chi connectivity index (χ1) is 11.7. The van der Waals surface area contributed by atoms with Gasteiger partial charge in [0, 0.05) is 18.0 Å². The van der Waals surface area contributed by atoms with Crippen LogP contribution < -0.4 is 10.6 Å². The Balaban J connectivity index is 1.70. The van der Waals surface area contributed by atoms with E-state index in [1.165, 1.54) is 11.3 Å². The van der Waals surface area contributed by atoms with Crippen LogP contribution in [0.15, 0.2) is 0 Å². The quantitative estimate of drug-likeness (QED) is 0.614. The van der Waals surface area contributed by atoms with Gasteiger partial charge in [-0.1, -0.05) is 0 Å². The molecule has 2 heterocycles. The van der Waals surface area contributed by atoms with Crippen LogP contribution in [-0.2, 0) is 22.3 Å². The minimum Gasteiger partial charge on any atom is -0.462 e. The van der Waals surface area contributed by atoms with Crippen molar-refractivity contribution in [1.82, 2.24) is 5.32 Å². The van der Waals surface area contributed by atoms with Gasteiger partial charge in [-0.2, -0.15) is 0 Å². The number of esters is 1. The molecule has 1 atom stereocenters. The fourth-order valence-corrected chi connectivity index (χ4v) is 4.76. The molecular weight excluding hydrogens is 344 g/mol. The Morgan fingerprint density at radius 3 is 2.96 bits per heavy atom. The third-order valence-corrected chi connectivity index (χ3v) is 5.85. The molecule has 7 heteroatoms. The van der Waals surface area contributed by atoms with Crippen molar-refractivity contribution < 1.29 is 14.3 Å². The van der Waals surface area contributed by atoms with Crippen molar-refractivity contribution in [3.63, 3.8) is 0 Å². The van der Waals surface area contributed by atoms with Crippen LogP contribution >= 0.6 is 23.6 Å². The van der Waals surface area contributed by atoms with E-state index in [4.69, 9.17) is 21.7 Å². The Hall–Kier alpha value is -1.18. The lowest BCUT2D eigenvalue weighted by Gasteiger charge is -2.14. The Labute approximate surface area is 152 Å². The summed E-state index contributed by atoms with van der Waals surface area (Å²) < 4.78 is 10.9. The summed E-state index contributed by atoms with van der Waals surface area (Å²) in [7, 11) is 0. The Bertz CT molecular complexity index is 609. The molecule has 0 aromatic carbocycles. The highest BCUT2D eigenvalue weighted by Crippen LogP contribution is 2.38. The number of anilines is 1. The summed E-state index contributed by atoms with van der Waals surface area (Å²) in [6, 6.07) is 0. The monoisotopic (exact) mass is 368 g/mol. The molecule has 132 valence electrons. The van der Waals surface area contributed by atoms with E-state index in [1.54, 1.807) is 11.3 Å². The lowest BCUT2D eigenvalue weighted by atomic mass is 9.95. The molecule has 1 saturated heterocycles. The van der Waals surface area contributed by atoms with Crippen LogP contribution in [0.25, 0.3) is 0 Å². The number of aryl methyl sites for hydroxylation is 1. The molecule has 0 bridgehead atoms. The molecule has 0 saturated carbocycles. The number of carbonyl (C=O) groups is 1. The van der Waals surface area contributed by atoms with E-state index in [0.717, 1.165) is 49.3 Å². The van der Waals surface area contributed by atoms with Crippen LogP contribution in [0.2, 0.25) is 0 Å². The first-order valence-electron chi connectivity index (χ1n) is 8.67. The number of rotatable bonds is 5. The molecular formula is C17H24N2O3S2. The third-order valence-electron chi connectivity index (χ3n) is 4.39. The standard InChI is InChI=1S/C17H24N2O3S2/c1-2-21-16(20)14-12-7-3-4-8-13(12)24-15(14)19-17(23)18-10-11-6-5-9-22-11/h11H,2-10H2,1H3,(H2,18,19,23)/t11-/m0/s1. The maximum absolute atomic E-state index is 12.4. The summed E-state index contributed by atoms with van der Waals surface area (Å²) in [4.78, 5) is 13.7. The average molecular weight is 369 g/mol. The van der Waals surface area contributed by atoms with E-state index in [-0.39, 0.29) is 12.1 Å². The van der Waals surface area contributed by atoms with Gasteiger partial charge in [0.25, 0.3) is 0 Å². The first-order valence-corrected chi connectivity index (χ1v) is 9.89. The van der Waals surface area contributed by atoms with Gasteiger partial charge < -0.3 is 20.1 Å². The maximum Gasteiger partial charge on any atom is 0.341 e. The van der Waals surface area contributed by atoms with Crippen molar-refractivity contribution in [2.45, 2.75) is 51.6 Å². The molecule has 24 heavy (non-hydrogen) atoms. The van der Waals surface area contributed by atoms with Gasteiger partial charge in [-0.05, 0) is 63.2 Å². The zero-order valence-electron chi connectivity index (χ0n) is 14.0. The third kappa shape index (κ3) is 4.07. The summed E-state index contributed by atoms with van der Waals surface area (Å²) in [5, 5.41) is 7.76. The van der Waals surface area contributed by atoms with Crippen molar-refractivity contribution in [3.8, 4) is 0 Å². The lowest BCUT2D eigenvalue weighted by molar-refractivity contribution is 0.0526. The summed E-state index contributed by atoms with van der Waals surface area (Å²) in [5.41, 5.74) is 1.83. The largest absolute Gasteiger partial charge is 0.462 e. The van der Waals surface area contributed by atoms with Gasteiger partial charge in [-0.3, -0.25) is 0 Å². The number of ether oxygens (including phenoxy) is 2. The van der Waals surface area contributed by atoms with Gasteiger partial charge >= 0.3 is 5.97 Å². The van der Waals surface area contributed by atoms with E-state index in [2.05, 4.69) is 10.6 Å². The predicted octanol–water partition coefficient (Wildman–Crippen LogP) is 3.27. The van der Waals surface area contributed by atoms with Gasteiger partial charge in [-0.25, -0.2) is 4.79 Å². The van der Waals surface area contributed by atoms with Gasteiger partial charge in [0.1, 0.15) is 5.00 Å². The number of nitrogens with one attached hydrogen (secondary N) is 2. The number of hydrogen-bond acceptors (Lipinski definition) is 5. The van der Waals surface area contributed by atoms with E-state index < -0.39 is 0 Å². The van der Waals surface area contributed by atoms with Crippen LogP contribution in [0.4, 0.5) is 5.00 Å². The molecule has 3 rings (SSSR count). The van der Waals surface area contributed by atoms with Gasteiger partial charge in [-0.15, -0.1) is 11.3 Å². The minimum absolute atomic E-state index is 0.228. The first kappa shape index (κ1) is 17.6. The Morgan fingerprint density at radius 2 is 2.21 bits per heavy atom. The van der Waals surface area contributed by atoms with Crippen molar-refractivity contribution in [3.05, 3.63) is 16.0 Å². The van der Waals surface area contributed by atoms with E-state index in [9.17, 15) is 4.79 Å². The average Bonchev–Trinajstić information content (AvgIpc) is 3.20. The molecule has 1 fully saturated rings. The number of fused-ring (bicyclic) bond motifs is 1. The lowest BCUT2D eigenvalue weighted by Crippen LogP contribution is -2.35. The topological polar surface area (TPSA) is 59.6 Å². The highest BCUT2D eigenvalue weighted by molar-refractivity contribution is 7.80. The molecule has 1 aromatic heterocycles. The van der Waals surface area contributed by atoms with Gasteiger partial charge in [0.2, 0.25) is 0 Å². The van der Waals surface area contributed by atoms with Crippen molar-refractivity contribution in [2.75, 3.05) is 25.1 Å². The second-order valence-corrected chi connectivity index (χ2v) is 7.62. The molecule has 2 N–H and O–H groups in total. The second-order valence-electron chi connectivity index (χ2n) is 6.11. The molecule has 5 nitrogen and oxygen atoms in total. The zero-order valence-corrected chi connectivity index (χ0v) is 15.6. The molecule has 2 aliphatic rings. The molecule has 0 spiro atoms. The number of thiocarbonyl (C=S) groups is 1. The smallest absolute Gasteiger partial charge is 0.341 e. The minimum atomic E-state index is -0.249. The second kappa shape index (κ2) is 8.27.